The largest absolute Gasteiger partial charge is 0.345 e. The van der Waals surface area contributed by atoms with Crippen LogP contribution in [0.3, 0.4) is 0 Å². The predicted octanol–water partition coefficient (Wildman–Crippen LogP) is 5.21. The molecule has 0 aliphatic heterocycles. The van der Waals surface area contributed by atoms with Crippen molar-refractivity contribution in [2.24, 2.45) is 5.92 Å². The van der Waals surface area contributed by atoms with Gasteiger partial charge in [0.15, 0.2) is 0 Å². The summed E-state index contributed by atoms with van der Waals surface area (Å²) in [5.74, 6) is 0.386. The maximum absolute atomic E-state index is 13.2. The molecule has 1 aromatic carbocycles. The summed E-state index contributed by atoms with van der Waals surface area (Å²) in [5.41, 5.74) is 2.09. The van der Waals surface area contributed by atoms with Crippen LogP contribution in [-0.4, -0.2) is 45.8 Å². The summed E-state index contributed by atoms with van der Waals surface area (Å²) in [7, 11) is 0. The number of halogens is 1. The van der Waals surface area contributed by atoms with Crippen LogP contribution in [0.4, 0.5) is 0 Å². The Morgan fingerprint density at radius 2 is 1.77 bits per heavy atom. The van der Waals surface area contributed by atoms with E-state index in [0.29, 0.717) is 38.5 Å². The van der Waals surface area contributed by atoms with Gasteiger partial charge in [0, 0.05) is 43.0 Å². The number of benzene rings is 1. The first-order valence-electron chi connectivity index (χ1n) is 11.3. The lowest BCUT2D eigenvalue weighted by atomic mass is 10.2. The third-order valence-electron chi connectivity index (χ3n) is 5.32. The van der Waals surface area contributed by atoms with Gasteiger partial charge in [-0.2, -0.15) is 0 Å². The maximum atomic E-state index is 13.2. The molecule has 2 rings (SSSR count). The summed E-state index contributed by atoms with van der Waals surface area (Å²) in [6, 6.07) is 11.9. The van der Waals surface area contributed by atoms with Gasteiger partial charge in [0.1, 0.15) is 0 Å². The highest BCUT2D eigenvalue weighted by Crippen LogP contribution is 2.18. The molecule has 0 aliphatic rings. The van der Waals surface area contributed by atoms with E-state index in [0.717, 1.165) is 29.1 Å². The van der Waals surface area contributed by atoms with Crippen molar-refractivity contribution in [3.8, 4) is 0 Å². The van der Waals surface area contributed by atoms with E-state index in [9.17, 15) is 9.59 Å². The Kier molecular flexibility index (Phi) is 10.1. The van der Waals surface area contributed by atoms with Crippen LogP contribution in [0.2, 0.25) is 5.02 Å². The molecule has 0 radical (unpaired) electrons. The van der Waals surface area contributed by atoms with Gasteiger partial charge in [-0.25, -0.2) is 0 Å². The topological polar surface area (TPSA) is 45.6 Å². The molecule has 170 valence electrons. The smallest absolute Gasteiger partial charge is 0.242 e. The minimum Gasteiger partial charge on any atom is -0.345 e. The zero-order valence-electron chi connectivity index (χ0n) is 19.3. The van der Waals surface area contributed by atoms with E-state index < -0.39 is 0 Å². The van der Waals surface area contributed by atoms with Gasteiger partial charge < -0.3 is 14.4 Å². The molecule has 0 fully saturated rings. The first kappa shape index (κ1) is 25.0. The number of likely N-dealkylation sites (N-methyl/N-ethyl adjacent to an activating group) is 1. The van der Waals surface area contributed by atoms with Crippen LogP contribution < -0.4 is 0 Å². The van der Waals surface area contributed by atoms with Crippen LogP contribution in [0.25, 0.3) is 0 Å². The van der Waals surface area contributed by atoms with Crippen LogP contribution in [0.5, 0.6) is 0 Å². The first-order chi connectivity index (χ1) is 14.8. The Hall–Kier alpha value is -2.27. The molecule has 1 aromatic heterocycles. The Bertz CT molecular complexity index is 847. The second kappa shape index (κ2) is 12.6. The summed E-state index contributed by atoms with van der Waals surface area (Å²) in [6.45, 7) is 10.7. The number of unbranched alkanes of at least 4 members (excludes halogenated alkanes) is 1. The van der Waals surface area contributed by atoms with Crippen molar-refractivity contribution >= 4 is 23.4 Å². The minimum absolute atomic E-state index is 0.00843. The van der Waals surface area contributed by atoms with Gasteiger partial charge in [0.2, 0.25) is 11.8 Å². The quantitative estimate of drug-likeness (QED) is 0.450. The van der Waals surface area contributed by atoms with Crippen LogP contribution in [0, 0.1) is 5.92 Å². The van der Waals surface area contributed by atoms with Gasteiger partial charge >= 0.3 is 0 Å². The Balaban J connectivity index is 2.13. The number of carbonyl (C=O) groups is 2. The zero-order valence-corrected chi connectivity index (χ0v) is 20.1. The van der Waals surface area contributed by atoms with Crippen molar-refractivity contribution < 1.29 is 9.59 Å². The third kappa shape index (κ3) is 7.73. The number of hydrogen-bond acceptors (Lipinski definition) is 2. The van der Waals surface area contributed by atoms with Crippen LogP contribution in [0.15, 0.2) is 42.6 Å². The second-order valence-electron chi connectivity index (χ2n) is 8.40. The molecule has 31 heavy (non-hydrogen) atoms. The molecule has 1 heterocycles. The molecule has 5 nitrogen and oxygen atoms in total. The number of carbonyl (C=O) groups excluding carboxylic acids is 2. The molecule has 0 atom stereocenters. The average molecular weight is 446 g/mol. The fourth-order valence-electron chi connectivity index (χ4n) is 3.57. The predicted molar refractivity (Wildman–Crippen MR) is 127 cm³/mol. The van der Waals surface area contributed by atoms with E-state index in [1.54, 1.807) is 4.90 Å². The summed E-state index contributed by atoms with van der Waals surface area (Å²) in [6.07, 6.45) is 4.35. The van der Waals surface area contributed by atoms with E-state index in [4.69, 9.17) is 11.6 Å². The Morgan fingerprint density at radius 1 is 1.03 bits per heavy atom. The SMILES string of the molecule is CCCCC(=O)N(CC)CC(=O)N(Cc1cccn1Cc1ccccc1Cl)CC(C)C. The van der Waals surface area contributed by atoms with Crippen LogP contribution >= 0.6 is 11.6 Å². The molecule has 2 aromatic rings. The lowest BCUT2D eigenvalue weighted by Crippen LogP contribution is -2.44. The fraction of sp³-hybridized carbons (Fsp3) is 0.520. The van der Waals surface area contributed by atoms with E-state index in [1.807, 2.05) is 54.4 Å². The normalized spacial score (nSPS) is 11.0. The summed E-state index contributed by atoms with van der Waals surface area (Å²) < 4.78 is 2.13. The highest BCUT2D eigenvalue weighted by atomic mass is 35.5. The first-order valence-corrected chi connectivity index (χ1v) is 11.7. The summed E-state index contributed by atoms with van der Waals surface area (Å²) in [5, 5.41) is 0.737. The molecule has 0 saturated carbocycles. The number of nitrogens with zero attached hydrogens (tertiary/aromatic N) is 3. The van der Waals surface area contributed by atoms with E-state index in [2.05, 4.69) is 25.3 Å². The highest BCUT2D eigenvalue weighted by Gasteiger charge is 2.22. The number of hydrogen-bond donors (Lipinski definition) is 0. The average Bonchev–Trinajstić information content (AvgIpc) is 3.17. The molecule has 0 unspecified atom stereocenters. The van der Waals surface area contributed by atoms with Crippen LogP contribution in [0.1, 0.15) is 58.2 Å². The van der Waals surface area contributed by atoms with Gasteiger partial charge in [-0.05, 0) is 43.0 Å². The van der Waals surface area contributed by atoms with Gasteiger partial charge in [-0.1, -0.05) is 57.0 Å². The van der Waals surface area contributed by atoms with Crippen molar-refractivity contribution in [3.63, 3.8) is 0 Å². The number of rotatable bonds is 12. The van der Waals surface area contributed by atoms with Gasteiger partial charge in [-0.15, -0.1) is 0 Å². The zero-order chi connectivity index (χ0) is 22.8. The van der Waals surface area contributed by atoms with Crippen molar-refractivity contribution in [1.82, 2.24) is 14.4 Å². The summed E-state index contributed by atoms with van der Waals surface area (Å²) in [4.78, 5) is 29.2. The molecular weight excluding hydrogens is 410 g/mol. The van der Waals surface area contributed by atoms with Crippen molar-refractivity contribution in [2.75, 3.05) is 19.6 Å². The monoisotopic (exact) mass is 445 g/mol. The van der Waals surface area contributed by atoms with Gasteiger partial charge in [0.05, 0.1) is 13.1 Å². The number of amides is 2. The van der Waals surface area contributed by atoms with Crippen molar-refractivity contribution in [3.05, 3.63) is 58.9 Å². The molecule has 0 aliphatic carbocycles. The molecule has 0 spiro atoms. The summed E-state index contributed by atoms with van der Waals surface area (Å²) >= 11 is 6.34. The van der Waals surface area contributed by atoms with Crippen molar-refractivity contribution in [1.29, 1.82) is 0 Å². The lowest BCUT2D eigenvalue weighted by Gasteiger charge is -2.29. The standard InChI is InChI=1S/C25H36ClN3O2/c1-5-7-14-24(30)27(6-2)19-25(31)29(16-20(3)4)18-22-12-10-15-28(22)17-21-11-8-9-13-23(21)26/h8-13,15,20H,5-7,14,16-19H2,1-4H3. The molecular formula is C25H36ClN3O2. The Morgan fingerprint density at radius 3 is 2.42 bits per heavy atom. The van der Waals surface area contributed by atoms with E-state index in [-0.39, 0.29) is 18.4 Å². The molecule has 0 saturated heterocycles. The fourth-order valence-corrected chi connectivity index (χ4v) is 3.77. The number of aromatic nitrogens is 1. The van der Waals surface area contributed by atoms with Gasteiger partial charge in [-0.3, -0.25) is 9.59 Å². The molecule has 6 heteroatoms. The van der Waals surface area contributed by atoms with Crippen LogP contribution in [-0.2, 0) is 22.7 Å². The second-order valence-corrected chi connectivity index (χ2v) is 8.81. The van der Waals surface area contributed by atoms with Crippen molar-refractivity contribution in [2.45, 2.75) is 60.0 Å². The minimum atomic E-state index is -0.00843. The molecule has 0 N–H and O–H groups in total. The van der Waals surface area contributed by atoms with E-state index >= 15 is 0 Å². The lowest BCUT2D eigenvalue weighted by molar-refractivity contribution is -0.141. The highest BCUT2D eigenvalue weighted by molar-refractivity contribution is 6.31. The third-order valence-corrected chi connectivity index (χ3v) is 5.69. The molecule has 0 bridgehead atoms. The molecule has 2 amide bonds. The Labute approximate surface area is 192 Å². The van der Waals surface area contributed by atoms with Gasteiger partial charge in [0.25, 0.3) is 0 Å². The van der Waals surface area contributed by atoms with E-state index in [1.165, 1.54) is 0 Å². The maximum Gasteiger partial charge on any atom is 0.242 e.